The molecule has 12 nitrogen and oxygen atoms in total. The first-order valence-corrected chi connectivity index (χ1v) is 21.0. The number of nitriles is 1. The molecule has 1 unspecified atom stereocenters. The van der Waals surface area contributed by atoms with Gasteiger partial charge in [-0.2, -0.15) is 9.57 Å². The molecule has 0 radical (unpaired) electrons. The van der Waals surface area contributed by atoms with Gasteiger partial charge in [-0.1, -0.05) is 53.9 Å². The van der Waals surface area contributed by atoms with Crippen molar-refractivity contribution in [3.05, 3.63) is 93.0 Å². The molecule has 3 aliphatic rings. The van der Waals surface area contributed by atoms with E-state index in [4.69, 9.17) is 33.2 Å². The first-order chi connectivity index (χ1) is 26.4. The van der Waals surface area contributed by atoms with Gasteiger partial charge >= 0.3 is 0 Å². The Bertz CT molecular complexity index is 1940. The maximum Gasteiger partial charge on any atom is 0.262 e. The van der Waals surface area contributed by atoms with Gasteiger partial charge in [0.15, 0.2) is 5.66 Å². The topological polar surface area (TPSA) is 138 Å². The van der Waals surface area contributed by atoms with Crippen molar-refractivity contribution in [3.8, 4) is 11.8 Å². The molecule has 3 heterocycles. The molecule has 0 spiro atoms. The second kappa shape index (κ2) is 17.6. The highest BCUT2D eigenvalue weighted by molar-refractivity contribution is 7.89. The molecule has 3 aromatic carbocycles. The van der Waals surface area contributed by atoms with Crippen LogP contribution in [0.2, 0.25) is 10.0 Å². The fraction of sp³-hybridized carbons (Fsp3) is 0.475. The van der Waals surface area contributed by atoms with Crippen molar-refractivity contribution in [1.82, 2.24) is 29.6 Å². The smallest absolute Gasteiger partial charge is 0.262 e. The van der Waals surface area contributed by atoms with E-state index in [2.05, 4.69) is 16.7 Å². The second-order valence-corrected chi connectivity index (χ2v) is 17.2. The SMILES string of the molecule is CCOc1cc(C)c(S(=O)(=O)N2CCCCC2)cc1C1(C(=O)N2CCN(CC(=O)N(C)CCC#N)CC2)N[C@H](c2ccc(Cl)cc2)[C@H](c2ccc(Cl)cc2)N1. The van der Waals surface area contributed by atoms with Crippen molar-refractivity contribution in [2.75, 3.05) is 66.0 Å². The van der Waals surface area contributed by atoms with E-state index in [1.165, 1.54) is 4.31 Å². The number of carbonyl (C=O) groups is 2. The lowest BCUT2D eigenvalue weighted by molar-refractivity contribution is -0.142. The fourth-order valence-corrected chi connectivity index (χ4v) is 9.71. The largest absolute Gasteiger partial charge is 0.493 e. The summed E-state index contributed by atoms with van der Waals surface area (Å²) in [5.41, 5.74) is 0.963. The minimum atomic E-state index is -3.92. The Hall–Kier alpha value is -3.74. The first kappa shape index (κ1) is 40.9. The minimum absolute atomic E-state index is 0.0920. The third-order valence-electron chi connectivity index (χ3n) is 10.8. The van der Waals surface area contributed by atoms with Gasteiger partial charge in [-0.25, -0.2) is 8.42 Å². The van der Waals surface area contributed by atoms with E-state index in [1.807, 2.05) is 36.1 Å². The number of nitrogens with zero attached hydrogens (tertiary/aromatic N) is 5. The molecule has 0 bridgehead atoms. The van der Waals surface area contributed by atoms with Crippen molar-refractivity contribution >= 4 is 45.0 Å². The number of benzene rings is 3. The highest BCUT2D eigenvalue weighted by atomic mass is 35.5. The molecule has 3 saturated heterocycles. The van der Waals surface area contributed by atoms with Crippen molar-refractivity contribution in [2.45, 2.75) is 62.2 Å². The number of nitrogens with one attached hydrogen (secondary N) is 2. The number of aryl methyl sites for hydroxylation is 1. The van der Waals surface area contributed by atoms with Gasteiger partial charge in [0.1, 0.15) is 5.75 Å². The summed E-state index contributed by atoms with van der Waals surface area (Å²) < 4.78 is 36.5. The number of piperazine rings is 1. The highest BCUT2D eigenvalue weighted by Gasteiger charge is 2.55. The van der Waals surface area contributed by atoms with Crippen LogP contribution in [0.5, 0.6) is 5.75 Å². The predicted octanol–water partition coefficient (Wildman–Crippen LogP) is 5.22. The van der Waals surface area contributed by atoms with Crippen LogP contribution in [-0.4, -0.2) is 105 Å². The summed E-state index contributed by atoms with van der Waals surface area (Å²) in [5, 5.41) is 17.5. The van der Waals surface area contributed by atoms with E-state index in [0.29, 0.717) is 72.7 Å². The third kappa shape index (κ3) is 8.81. The Morgan fingerprint density at radius 2 is 1.47 bits per heavy atom. The van der Waals surface area contributed by atoms with Crippen LogP contribution in [0, 0.1) is 18.3 Å². The first-order valence-electron chi connectivity index (χ1n) is 18.8. The van der Waals surface area contributed by atoms with Gasteiger partial charge in [-0.05, 0) is 79.8 Å². The molecular weight excluding hydrogens is 761 g/mol. The Balaban J connectivity index is 1.45. The summed E-state index contributed by atoms with van der Waals surface area (Å²) in [6.45, 7) is 6.83. The molecule has 0 aromatic heterocycles. The van der Waals surface area contributed by atoms with E-state index < -0.39 is 27.8 Å². The number of hydrogen-bond acceptors (Lipinski definition) is 9. The lowest BCUT2D eigenvalue weighted by Gasteiger charge is -2.41. The number of sulfonamides is 1. The molecule has 3 aromatic rings. The number of amides is 2. The molecule has 294 valence electrons. The number of likely N-dealkylation sites (N-methyl/N-ethyl adjacent to an activating group) is 1. The average Bonchev–Trinajstić information content (AvgIpc) is 3.59. The van der Waals surface area contributed by atoms with Crippen molar-refractivity contribution in [3.63, 3.8) is 0 Å². The standard InChI is InChI=1S/C40H49Cl2N7O5S/c1-4-54-34-25-28(2)35(55(52,53)49-19-6-5-7-20-49)26-33(34)40(39(51)48-23-21-47(22-24-48)27-36(50)46(3)18-8-17-43)44-37(29-9-13-31(41)14-10-29)38(45-40)30-11-15-32(42)16-12-30/h9-16,25-26,37-38,44-45H,4-8,18-24,27H2,1-3H3/t37-,38+,40?. The third-order valence-corrected chi connectivity index (χ3v) is 13.3. The number of piperidine rings is 1. The molecule has 3 aliphatic heterocycles. The van der Waals surface area contributed by atoms with Crippen LogP contribution in [-0.2, 0) is 25.3 Å². The highest BCUT2D eigenvalue weighted by Crippen LogP contribution is 2.46. The number of rotatable bonds is 12. The van der Waals surface area contributed by atoms with Gasteiger partial charge in [0.2, 0.25) is 15.9 Å². The van der Waals surface area contributed by atoms with Gasteiger partial charge in [-0.3, -0.25) is 25.1 Å². The minimum Gasteiger partial charge on any atom is -0.493 e. The van der Waals surface area contributed by atoms with Gasteiger partial charge in [0, 0.05) is 68.5 Å². The molecule has 15 heteroatoms. The molecule has 2 N–H and O–H groups in total. The molecule has 3 atom stereocenters. The molecule has 2 amide bonds. The van der Waals surface area contributed by atoms with Crippen molar-refractivity contribution in [2.24, 2.45) is 0 Å². The van der Waals surface area contributed by atoms with E-state index in [9.17, 15) is 13.2 Å². The van der Waals surface area contributed by atoms with Crippen LogP contribution in [0.4, 0.5) is 0 Å². The van der Waals surface area contributed by atoms with Crippen molar-refractivity contribution in [1.29, 1.82) is 5.26 Å². The van der Waals surface area contributed by atoms with Gasteiger partial charge < -0.3 is 14.5 Å². The molecule has 0 aliphatic carbocycles. The fourth-order valence-electron chi connectivity index (χ4n) is 7.71. The molecular formula is C40H49Cl2N7O5S. The monoisotopic (exact) mass is 809 g/mol. The van der Waals surface area contributed by atoms with E-state index in [0.717, 1.165) is 30.4 Å². The van der Waals surface area contributed by atoms with Crippen LogP contribution in [0.15, 0.2) is 65.6 Å². The Morgan fingerprint density at radius 1 is 0.909 bits per heavy atom. The van der Waals surface area contributed by atoms with E-state index in [1.54, 1.807) is 60.2 Å². The number of carbonyl (C=O) groups excluding carboxylic acids is 2. The summed E-state index contributed by atoms with van der Waals surface area (Å²) in [4.78, 5) is 33.8. The number of hydrogen-bond donors (Lipinski definition) is 2. The average molecular weight is 811 g/mol. The molecule has 0 saturated carbocycles. The zero-order valence-corrected chi connectivity index (χ0v) is 33.9. The summed E-state index contributed by atoms with van der Waals surface area (Å²) in [6.07, 6.45) is 2.80. The lowest BCUT2D eigenvalue weighted by Crippen LogP contribution is -2.62. The molecule has 55 heavy (non-hydrogen) atoms. The summed E-state index contributed by atoms with van der Waals surface area (Å²) in [5.74, 6) is -0.000875. The molecule has 6 rings (SSSR count). The second-order valence-electron chi connectivity index (χ2n) is 14.4. The van der Waals surface area contributed by atoms with Crippen molar-refractivity contribution < 1.29 is 22.7 Å². The number of ether oxygens (including phenoxy) is 1. The zero-order valence-electron chi connectivity index (χ0n) is 31.6. The van der Waals surface area contributed by atoms with Crippen LogP contribution >= 0.6 is 23.2 Å². The Labute approximate surface area is 334 Å². The normalized spacial score (nSPS) is 22.3. The maximum absolute atomic E-state index is 15.5. The van der Waals surface area contributed by atoms with Gasteiger partial charge in [-0.15, -0.1) is 0 Å². The van der Waals surface area contributed by atoms with Crippen LogP contribution in [0.3, 0.4) is 0 Å². The summed E-state index contributed by atoms with van der Waals surface area (Å²) in [6, 6.07) is 19.3. The Morgan fingerprint density at radius 3 is 2.00 bits per heavy atom. The van der Waals surface area contributed by atoms with Crippen LogP contribution in [0.1, 0.15) is 66.9 Å². The van der Waals surface area contributed by atoms with Crippen LogP contribution in [0.25, 0.3) is 0 Å². The number of halogens is 2. The quantitative estimate of drug-likeness (QED) is 0.252. The van der Waals surface area contributed by atoms with Gasteiger partial charge in [0.05, 0.1) is 42.6 Å². The zero-order chi connectivity index (χ0) is 39.3. The van der Waals surface area contributed by atoms with E-state index >= 15 is 4.79 Å². The summed E-state index contributed by atoms with van der Waals surface area (Å²) >= 11 is 12.7. The van der Waals surface area contributed by atoms with E-state index in [-0.39, 0.29) is 36.3 Å². The Kier molecular flexibility index (Phi) is 13.1. The predicted molar refractivity (Wildman–Crippen MR) is 212 cm³/mol. The molecule has 3 fully saturated rings. The van der Waals surface area contributed by atoms with Gasteiger partial charge in [0.25, 0.3) is 5.91 Å². The summed E-state index contributed by atoms with van der Waals surface area (Å²) in [7, 11) is -2.23. The maximum atomic E-state index is 15.5. The lowest BCUT2D eigenvalue weighted by atomic mass is 9.95. The van der Waals surface area contributed by atoms with Crippen LogP contribution < -0.4 is 15.4 Å².